The zero-order valence-electron chi connectivity index (χ0n) is 17.5. The molecule has 7 heteroatoms. The number of nitrogens with one attached hydrogen (secondary N) is 1. The summed E-state index contributed by atoms with van der Waals surface area (Å²) in [5.74, 6) is 0.996. The van der Waals surface area contributed by atoms with E-state index < -0.39 is 5.79 Å². The van der Waals surface area contributed by atoms with Gasteiger partial charge in [-0.25, -0.2) is 9.97 Å². The van der Waals surface area contributed by atoms with Gasteiger partial charge in [0.2, 0.25) is 5.88 Å². The molecule has 0 saturated carbocycles. The Hall–Kier alpha value is -2.09. The zero-order chi connectivity index (χ0) is 20.6. The number of thioether (sulfide) groups is 1. The largest absolute Gasteiger partial charge is 0.481 e. The molecule has 4 rings (SSSR count). The van der Waals surface area contributed by atoms with Gasteiger partial charge in [-0.05, 0) is 51.0 Å². The number of benzene rings is 1. The van der Waals surface area contributed by atoms with Crippen LogP contribution in [-0.2, 0) is 15.2 Å². The quantitative estimate of drug-likeness (QED) is 0.609. The number of rotatable bonds is 5. The van der Waals surface area contributed by atoms with Crippen molar-refractivity contribution in [2.24, 2.45) is 0 Å². The Morgan fingerprint density at radius 2 is 1.86 bits per heavy atom. The summed E-state index contributed by atoms with van der Waals surface area (Å²) in [6.07, 6.45) is 0. The van der Waals surface area contributed by atoms with Crippen LogP contribution in [0.2, 0.25) is 0 Å². The fourth-order valence-corrected chi connectivity index (χ4v) is 4.69. The van der Waals surface area contributed by atoms with Gasteiger partial charge in [-0.2, -0.15) is 0 Å². The number of aromatic nitrogens is 3. The van der Waals surface area contributed by atoms with Gasteiger partial charge in [0.05, 0.1) is 37.1 Å². The molecule has 3 aromatic rings. The molecule has 154 valence electrons. The van der Waals surface area contributed by atoms with Gasteiger partial charge in [-0.1, -0.05) is 23.9 Å². The lowest BCUT2D eigenvalue weighted by Crippen LogP contribution is -2.38. The second-order valence-corrected chi connectivity index (χ2v) is 8.76. The maximum atomic E-state index is 5.92. The van der Waals surface area contributed by atoms with Crippen LogP contribution in [0.1, 0.15) is 42.1 Å². The number of fused-ring (bicyclic) bond motifs is 1. The lowest BCUT2D eigenvalue weighted by Gasteiger charge is -2.36. The number of methoxy groups -OCH3 is 1. The smallest absolute Gasteiger partial charge is 0.216 e. The monoisotopic (exact) mass is 413 g/mol. The van der Waals surface area contributed by atoms with Crippen molar-refractivity contribution in [1.29, 1.82) is 0 Å². The third-order valence-electron chi connectivity index (χ3n) is 5.38. The molecule has 0 aliphatic carbocycles. The minimum Gasteiger partial charge on any atom is -0.481 e. The van der Waals surface area contributed by atoms with Crippen molar-refractivity contribution >= 4 is 22.8 Å². The number of hydrogen-bond acceptors (Lipinski definition) is 6. The summed E-state index contributed by atoms with van der Waals surface area (Å²) in [6.45, 7) is 9.33. The maximum absolute atomic E-state index is 5.92. The molecule has 1 aromatic carbocycles. The predicted octanol–water partition coefficient (Wildman–Crippen LogP) is 4.74. The van der Waals surface area contributed by atoms with Crippen molar-refractivity contribution in [1.82, 2.24) is 15.0 Å². The molecule has 0 radical (unpaired) electrons. The normalized spacial score (nSPS) is 17.0. The van der Waals surface area contributed by atoms with Crippen LogP contribution in [0.25, 0.3) is 11.0 Å². The van der Waals surface area contributed by atoms with E-state index in [0.29, 0.717) is 24.8 Å². The van der Waals surface area contributed by atoms with E-state index in [-0.39, 0.29) is 5.92 Å². The number of hydrogen-bond donors (Lipinski definition) is 1. The van der Waals surface area contributed by atoms with Gasteiger partial charge < -0.3 is 19.2 Å². The number of pyridine rings is 1. The van der Waals surface area contributed by atoms with E-state index in [1.165, 1.54) is 11.1 Å². The van der Waals surface area contributed by atoms with Gasteiger partial charge >= 0.3 is 0 Å². The van der Waals surface area contributed by atoms with E-state index in [1.807, 2.05) is 38.1 Å². The van der Waals surface area contributed by atoms with Crippen molar-refractivity contribution in [3.8, 4) is 5.88 Å². The third-order valence-corrected chi connectivity index (χ3v) is 6.26. The average Bonchev–Trinajstić information content (AvgIpc) is 3.11. The van der Waals surface area contributed by atoms with Gasteiger partial charge in [0.15, 0.2) is 10.9 Å². The molecule has 1 aliphatic heterocycles. The molecule has 0 spiro atoms. The molecule has 1 aliphatic rings. The molecule has 1 saturated heterocycles. The van der Waals surface area contributed by atoms with Crippen LogP contribution < -0.4 is 4.74 Å². The topological polar surface area (TPSA) is 69.3 Å². The molecular formula is C22H27N3O3S. The third kappa shape index (κ3) is 4.13. The number of H-pyrrole nitrogens is 1. The summed E-state index contributed by atoms with van der Waals surface area (Å²) in [5.41, 5.74) is 6.45. The lowest BCUT2D eigenvalue weighted by atomic mass is 9.91. The molecule has 0 bridgehead atoms. The zero-order valence-corrected chi connectivity index (χ0v) is 18.4. The first kappa shape index (κ1) is 20.2. The first-order valence-electron chi connectivity index (χ1n) is 9.77. The molecule has 0 amide bonds. The molecule has 1 N–H and O–H groups in total. The van der Waals surface area contributed by atoms with Crippen molar-refractivity contribution in [2.45, 2.75) is 50.3 Å². The number of para-hydroxylation sites is 2. The highest BCUT2D eigenvalue weighted by Gasteiger charge is 2.32. The number of imidazole rings is 1. The molecule has 0 atom stereocenters. The second-order valence-electron chi connectivity index (χ2n) is 7.80. The van der Waals surface area contributed by atoms with Gasteiger partial charge in [-0.15, -0.1) is 0 Å². The minimum atomic E-state index is -0.532. The Labute approximate surface area is 175 Å². The second kappa shape index (κ2) is 7.97. The molecule has 29 heavy (non-hydrogen) atoms. The highest BCUT2D eigenvalue weighted by atomic mass is 32.2. The molecule has 3 heterocycles. The fraction of sp³-hybridized carbons (Fsp3) is 0.455. The summed E-state index contributed by atoms with van der Waals surface area (Å²) in [7, 11) is 1.67. The van der Waals surface area contributed by atoms with Gasteiger partial charge in [0.25, 0.3) is 0 Å². The minimum absolute atomic E-state index is 0.162. The summed E-state index contributed by atoms with van der Waals surface area (Å²) < 4.78 is 17.4. The average molecular weight is 414 g/mol. The highest BCUT2D eigenvalue weighted by molar-refractivity contribution is 7.98. The van der Waals surface area contributed by atoms with Crippen LogP contribution in [-0.4, -0.2) is 41.1 Å². The Balaban J connectivity index is 1.61. The van der Waals surface area contributed by atoms with Crippen LogP contribution in [0.15, 0.2) is 29.4 Å². The van der Waals surface area contributed by atoms with E-state index in [9.17, 15) is 0 Å². The van der Waals surface area contributed by atoms with Crippen LogP contribution >= 0.6 is 11.8 Å². The Morgan fingerprint density at radius 3 is 2.55 bits per heavy atom. The van der Waals surface area contributed by atoms with Crippen molar-refractivity contribution in [3.63, 3.8) is 0 Å². The van der Waals surface area contributed by atoms with Crippen LogP contribution in [0, 0.1) is 13.8 Å². The van der Waals surface area contributed by atoms with Crippen molar-refractivity contribution in [3.05, 3.63) is 46.6 Å². The number of ether oxygens (including phenoxy) is 3. The Bertz CT molecular complexity index is 989. The lowest BCUT2D eigenvalue weighted by molar-refractivity contribution is -0.251. The van der Waals surface area contributed by atoms with Crippen LogP contribution in [0.5, 0.6) is 5.88 Å². The molecule has 1 fully saturated rings. The van der Waals surface area contributed by atoms with E-state index in [4.69, 9.17) is 19.2 Å². The summed E-state index contributed by atoms with van der Waals surface area (Å²) in [4.78, 5) is 12.8. The number of aromatic amines is 1. The van der Waals surface area contributed by atoms with Gasteiger partial charge in [0.1, 0.15) is 0 Å². The molecular weight excluding hydrogens is 386 g/mol. The highest BCUT2D eigenvalue weighted by Crippen LogP contribution is 2.36. The van der Waals surface area contributed by atoms with E-state index in [0.717, 1.165) is 27.4 Å². The van der Waals surface area contributed by atoms with Crippen molar-refractivity contribution in [2.75, 3.05) is 20.3 Å². The Kier molecular flexibility index (Phi) is 5.55. The van der Waals surface area contributed by atoms with Gasteiger partial charge in [0, 0.05) is 17.2 Å². The SMILES string of the molecule is COc1nc(CSc2nc3ccccc3[nH]2)c(C)c(C2COC(C)(C)OC2)c1C. The van der Waals surface area contributed by atoms with Crippen LogP contribution in [0.4, 0.5) is 0 Å². The fourth-order valence-electron chi connectivity index (χ4n) is 3.79. The summed E-state index contributed by atoms with van der Waals surface area (Å²) >= 11 is 1.65. The summed E-state index contributed by atoms with van der Waals surface area (Å²) in [5, 5.41) is 0.888. The first-order valence-corrected chi connectivity index (χ1v) is 10.8. The van der Waals surface area contributed by atoms with E-state index in [2.05, 4.69) is 23.8 Å². The van der Waals surface area contributed by atoms with Gasteiger partial charge in [-0.3, -0.25) is 0 Å². The van der Waals surface area contributed by atoms with Crippen LogP contribution in [0.3, 0.4) is 0 Å². The molecule has 0 unspecified atom stereocenters. The van der Waals surface area contributed by atoms with E-state index >= 15 is 0 Å². The number of nitrogens with zero attached hydrogens (tertiary/aromatic N) is 2. The molecule has 2 aromatic heterocycles. The standard InChI is InChI=1S/C22H27N3O3S/c1-13-18(12-29-21-24-16-8-6-7-9-17(16)25-21)23-20(26-5)14(2)19(13)15-10-27-22(3,4)28-11-15/h6-9,15H,10-12H2,1-5H3,(H,24,25). The van der Waals surface area contributed by atoms with E-state index in [1.54, 1.807) is 18.9 Å². The maximum Gasteiger partial charge on any atom is 0.216 e. The predicted molar refractivity (Wildman–Crippen MR) is 115 cm³/mol. The molecule has 6 nitrogen and oxygen atoms in total. The first-order chi connectivity index (χ1) is 13.9. The Morgan fingerprint density at radius 1 is 1.14 bits per heavy atom. The summed E-state index contributed by atoms with van der Waals surface area (Å²) in [6, 6.07) is 8.05. The van der Waals surface area contributed by atoms with Crippen molar-refractivity contribution < 1.29 is 14.2 Å².